The predicted molar refractivity (Wildman–Crippen MR) is 61.8 cm³/mol. The molecule has 0 aliphatic carbocycles. The van der Waals surface area contributed by atoms with Crippen LogP contribution in [0.3, 0.4) is 0 Å². The Morgan fingerprint density at radius 1 is 1.31 bits per heavy atom. The summed E-state index contributed by atoms with van der Waals surface area (Å²) in [6, 6.07) is 0. The zero-order chi connectivity index (χ0) is 10.5. The smallest absolute Gasteiger partial charge is 0.0226 e. The summed E-state index contributed by atoms with van der Waals surface area (Å²) in [5, 5.41) is 0. The summed E-state index contributed by atoms with van der Waals surface area (Å²) < 4.78 is 0. The zero-order valence-electron chi connectivity index (χ0n) is 10.0. The van der Waals surface area contributed by atoms with Gasteiger partial charge in [-0.05, 0) is 31.6 Å². The molecule has 0 fully saturated rings. The van der Waals surface area contributed by atoms with Gasteiger partial charge in [0.2, 0.25) is 0 Å². The van der Waals surface area contributed by atoms with E-state index in [0.29, 0.717) is 11.3 Å². The fourth-order valence-corrected chi connectivity index (χ4v) is 1.49. The Bertz CT molecular complexity index is 189. The Morgan fingerprint density at radius 3 is 2.23 bits per heavy atom. The lowest BCUT2D eigenvalue weighted by Gasteiger charge is -2.23. The third-order valence-electron chi connectivity index (χ3n) is 2.25. The number of hydrogen-bond acceptors (Lipinski definition) is 0. The van der Waals surface area contributed by atoms with E-state index in [9.17, 15) is 0 Å². The molecular weight excluding hydrogens is 156 g/mol. The molecule has 0 radical (unpaired) electrons. The van der Waals surface area contributed by atoms with Crippen LogP contribution < -0.4 is 0 Å². The average molecular weight is 180 g/mol. The van der Waals surface area contributed by atoms with Crippen molar-refractivity contribution in [3.05, 3.63) is 23.8 Å². The first-order valence-electron chi connectivity index (χ1n) is 5.16. The quantitative estimate of drug-likeness (QED) is 0.558. The van der Waals surface area contributed by atoms with Crippen molar-refractivity contribution in [2.45, 2.75) is 48.0 Å². The third kappa shape index (κ3) is 6.62. The molecule has 0 bridgehead atoms. The van der Waals surface area contributed by atoms with Gasteiger partial charge in [0.1, 0.15) is 0 Å². The molecule has 13 heavy (non-hydrogen) atoms. The molecule has 1 atom stereocenters. The minimum absolute atomic E-state index is 0.435. The summed E-state index contributed by atoms with van der Waals surface area (Å²) in [4.78, 5) is 0. The van der Waals surface area contributed by atoms with E-state index >= 15 is 0 Å². The molecule has 0 saturated carbocycles. The highest BCUT2D eigenvalue weighted by molar-refractivity contribution is 5.12. The normalized spacial score (nSPS) is 16.6. The Balaban J connectivity index is 4.19. The van der Waals surface area contributed by atoms with Crippen molar-refractivity contribution < 1.29 is 0 Å². The highest BCUT2D eigenvalue weighted by Crippen LogP contribution is 2.28. The summed E-state index contributed by atoms with van der Waals surface area (Å²) in [7, 11) is 0. The van der Waals surface area contributed by atoms with Crippen molar-refractivity contribution in [3.63, 3.8) is 0 Å². The average Bonchev–Trinajstić information content (AvgIpc) is 1.96. The van der Waals surface area contributed by atoms with E-state index in [0.717, 1.165) is 0 Å². The first-order chi connectivity index (χ1) is 5.87. The molecule has 0 aromatic heterocycles. The third-order valence-corrected chi connectivity index (χ3v) is 2.25. The van der Waals surface area contributed by atoms with Crippen LogP contribution in [-0.2, 0) is 0 Å². The van der Waals surface area contributed by atoms with E-state index in [1.165, 1.54) is 12.0 Å². The maximum Gasteiger partial charge on any atom is -0.0226 e. The second kappa shape index (κ2) is 5.26. The molecule has 0 aromatic rings. The highest BCUT2D eigenvalue weighted by atomic mass is 14.2. The van der Waals surface area contributed by atoms with Gasteiger partial charge in [0, 0.05) is 0 Å². The summed E-state index contributed by atoms with van der Waals surface area (Å²) in [5.41, 5.74) is 1.91. The molecule has 0 amide bonds. The van der Waals surface area contributed by atoms with Crippen LogP contribution in [-0.4, -0.2) is 0 Å². The van der Waals surface area contributed by atoms with E-state index in [2.05, 4.69) is 59.8 Å². The van der Waals surface area contributed by atoms with E-state index in [4.69, 9.17) is 0 Å². The van der Waals surface area contributed by atoms with Crippen LogP contribution in [0.4, 0.5) is 0 Å². The summed E-state index contributed by atoms with van der Waals surface area (Å²) in [6.45, 7) is 13.5. The van der Waals surface area contributed by atoms with Crippen LogP contribution >= 0.6 is 0 Å². The molecular formula is C13H24. The maximum atomic E-state index is 2.31. The van der Waals surface area contributed by atoms with Gasteiger partial charge in [0.15, 0.2) is 0 Å². The largest absolute Gasteiger partial charge is 0.0877 e. The molecule has 0 nitrogen and oxygen atoms in total. The van der Waals surface area contributed by atoms with Crippen molar-refractivity contribution in [2.24, 2.45) is 11.3 Å². The minimum atomic E-state index is 0.435. The van der Waals surface area contributed by atoms with Crippen molar-refractivity contribution in [1.82, 2.24) is 0 Å². The monoisotopic (exact) mass is 180 g/mol. The maximum absolute atomic E-state index is 2.31. The van der Waals surface area contributed by atoms with Crippen molar-refractivity contribution in [2.75, 3.05) is 0 Å². The van der Waals surface area contributed by atoms with Crippen LogP contribution in [0.1, 0.15) is 48.0 Å². The first-order valence-corrected chi connectivity index (χ1v) is 5.16. The molecule has 0 aromatic carbocycles. The summed E-state index contributed by atoms with van der Waals surface area (Å²) in [6.07, 6.45) is 7.67. The second-order valence-electron chi connectivity index (χ2n) is 5.10. The fraction of sp³-hybridized carbons (Fsp3) is 0.692. The Labute approximate surface area is 83.7 Å². The molecule has 0 N–H and O–H groups in total. The second-order valence-corrected chi connectivity index (χ2v) is 5.10. The zero-order valence-corrected chi connectivity index (χ0v) is 10.0. The SMILES string of the molecule is CC=CC=C(C)C(C)CC(C)(C)C. The van der Waals surface area contributed by atoms with Gasteiger partial charge >= 0.3 is 0 Å². The Kier molecular flexibility index (Phi) is 5.05. The summed E-state index contributed by atoms with van der Waals surface area (Å²) >= 11 is 0. The van der Waals surface area contributed by atoms with E-state index in [1.54, 1.807) is 0 Å². The van der Waals surface area contributed by atoms with Crippen LogP contribution in [0.2, 0.25) is 0 Å². The van der Waals surface area contributed by atoms with Gasteiger partial charge in [0.25, 0.3) is 0 Å². The Morgan fingerprint density at radius 2 is 1.85 bits per heavy atom. The molecule has 0 rings (SSSR count). The predicted octanol–water partition coefficient (Wildman–Crippen LogP) is 4.58. The van der Waals surface area contributed by atoms with Crippen molar-refractivity contribution in [3.8, 4) is 0 Å². The molecule has 0 aliphatic heterocycles. The van der Waals surface area contributed by atoms with Gasteiger partial charge in [-0.1, -0.05) is 51.5 Å². The van der Waals surface area contributed by atoms with Gasteiger partial charge < -0.3 is 0 Å². The molecule has 0 saturated heterocycles. The summed E-state index contributed by atoms with van der Waals surface area (Å²) in [5.74, 6) is 0.691. The van der Waals surface area contributed by atoms with Crippen LogP contribution in [0.15, 0.2) is 23.8 Å². The van der Waals surface area contributed by atoms with Gasteiger partial charge in [-0.2, -0.15) is 0 Å². The van der Waals surface area contributed by atoms with E-state index < -0.39 is 0 Å². The van der Waals surface area contributed by atoms with E-state index in [1.807, 2.05) is 0 Å². The fourth-order valence-electron chi connectivity index (χ4n) is 1.49. The van der Waals surface area contributed by atoms with Crippen LogP contribution in [0.25, 0.3) is 0 Å². The molecule has 0 aliphatic rings. The number of rotatable bonds is 3. The van der Waals surface area contributed by atoms with Gasteiger partial charge in [-0.3, -0.25) is 0 Å². The van der Waals surface area contributed by atoms with Gasteiger partial charge in [-0.25, -0.2) is 0 Å². The lowest BCUT2D eigenvalue weighted by Crippen LogP contribution is -2.11. The minimum Gasteiger partial charge on any atom is -0.0877 e. The molecule has 0 spiro atoms. The van der Waals surface area contributed by atoms with Crippen LogP contribution in [0, 0.1) is 11.3 Å². The first kappa shape index (κ1) is 12.5. The molecule has 1 unspecified atom stereocenters. The van der Waals surface area contributed by atoms with Crippen molar-refractivity contribution in [1.29, 1.82) is 0 Å². The molecule has 0 heteroatoms. The number of allylic oxidation sites excluding steroid dienone is 4. The van der Waals surface area contributed by atoms with E-state index in [-0.39, 0.29) is 0 Å². The van der Waals surface area contributed by atoms with Gasteiger partial charge in [0.05, 0.1) is 0 Å². The standard InChI is InChI=1S/C13H24/c1-7-8-9-11(2)12(3)10-13(4,5)6/h7-9,12H,10H2,1-6H3. The van der Waals surface area contributed by atoms with Crippen LogP contribution in [0.5, 0.6) is 0 Å². The molecule has 0 heterocycles. The molecule has 76 valence electrons. The highest BCUT2D eigenvalue weighted by Gasteiger charge is 2.15. The lowest BCUT2D eigenvalue weighted by molar-refractivity contribution is 0.329. The van der Waals surface area contributed by atoms with Gasteiger partial charge in [-0.15, -0.1) is 0 Å². The topological polar surface area (TPSA) is 0 Å². The number of hydrogen-bond donors (Lipinski definition) is 0. The Hall–Kier alpha value is -0.520. The lowest BCUT2D eigenvalue weighted by atomic mass is 9.82. The van der Waals surface area contributed by atoms with Crippen molar-refractivity contribution >= 4 is 0 Å².